The van der Waals surface area contributed by atoms with Gasteiger partial charge in [-0.15, -0.1) is 0 Å². The van der Waals surface area contributed by atoms with Crippen molar-refractivity contribution in [1.82, 2.24) is 20.0 Å². The van der Waals surface area contributed by atoms with E-state index in [0.717, 1.165) is 13.0 Å². The highest BCUT2D eigenvalue weighted by Crippen LogP contribution is 2.28. The van der Waals surface area contributed by atoms with Gasteiger partial charge in [0.05, 0.1) is 11.7 Å². The van der Waals surface area contributed by atoms with E-state index in [-0.39, 0.29) is 11.6 Å². The van der Waals surface area contributed by atoms with Gasteiger partial charge in [-0.3, -0.25) is 4.68 Å². The Hall–Kier alpha value is -0.870. The smallest absolute Gasteiger partial charge is 0.0673 e. The van der Waals surface area contributed by atoms with Crippen LogP contribution in [-0.2, 0) is 7.05 Å². The third-order valence-corrected chi connectivity index (χ3v) is 3.61. The first-order valence-electron chi connectivity index (χ1n) is 6.30. The number of aryl methyl sites for hydroxylation is 1. The van der Waals surface area contributed by atoms with Gasteiger partial charge >= 0.3 is 0 Å². The van der Waals surface area contributed by atoms with Crippen LogP contribution in [0.3, 0.4) is 0 Å². The lowest BCUT2D eigenvalue weighted by Gasteiger charge is -2.40. The predicted molar refractivity (Wildman–Crippen MR) is 72.0 cm³/mol. The predicted octanol–water partition coefficient (Wildman–Crippen LogP) is 1.80. The van der Waals surface area contributed by atoms with Crippen molar-refractivity contribution in [3.05, 3.63) is 18.0 Å². The van der Waals surface area contributed by atoms with E-state index in [4.69, 9.17) is 0 Å². The molecule has 0 aromatic carbocycles. The summed E-state index contributed by atoms with van der Waals surface area (Å²) in [5, 5.41) is 7.91. The quantitative estimate of drug-likeness (QED) is 0.820. The summed E-state index contributed by atoms with van der Waals surface area (Å²) >= 11 is 0. The van der Waals surface area contributed by atoms with Crippen LogP contribution >= 0.6 is 0 Å². The van der Waals surface area contributed by atoms with E-state index in [2.05, 4.69) is 56.2 Å². The minimum absolute atomic E-state index is 0.0446. The van der Waals surface area contributed by atoms with E-state index in [9.17, 15) is 0 Å². The van der Waals surface area contributed by atoms with Crippen molar-refractivity contribution >= 4 is 0 Å². The maximum atomic E-state index is 4.28. The minimum atomic E-state index is 0.0446. The number of nitrogens with zero attached hydrogens (tertiary/aromatic N) is 3. The SMILES string of the molecule is CCCNC(c1ccnn1C)C(C)(C)N(C)C. The summed E-state index contributed by atoms with van der Waals surface area (Å²) in [4.78, 5) is 2.26. The zero-order valence-electron chi connectivity index (χ0n) is 12.0. The third kappa shape index (κ3) is 3.07. The summed E-state index contributed by atoms with van der Waals surface area (Å²) in [6.45, 7) is 7.73. The molecule has 0 aliphatic rings. The second kappa shape index (κ2) is 5.65. The molecule has 1 aromatic heterocycles. The Morgan fingerprint density at radius 3 is 2.53 bits per heavy atom. The van der Waals surface area contributed by atoms with Crippen LogP contribution in [0.15, 0.2) is 12.3 Å². The highest BCUT2D eigenvalue weighted by molar-refractivity contribution is 5.13. The van der Waals surface area contributed by atoms with E-state index < -0.39 is 0 Å². The summed E-state index contributed by atoms with van der Waals surface area (Å²) in [7, 11) is 6.25. The average molecular weight is 238 g/mol. The van der Waals surface area contributed by atoms with E-state index in [1.54, 1.807) is 0 Å². The Kier molecular flexibility index (Phi) is 4.71. The lowest BCUT2D eigenvalue weighted by atomic mass is 9.90. The van der Waals surface area contributed by atoms with Gasteiger partial charge < -0.3 is 10.2 Å². The molecule has 17 heavy (non-hydrogen) atoms. The van der Waals surface area contributed by atoms with Crippen LogP contribution in [0.1, 0.15) is 38.9 Å². The molecule has 1 rings (SSSR count). The molecule has 1 heterocycles. The molecule has 0 amide bonds. The fourth-order valence-electron chi connectivity index (χ4n) is 1.93. The highest BCUT2D eigenvalue weighted by Gasteiger charge is 2.33. The standard InChI is InChI=1S/C13H26N4/c1-7-9-14-12(13(2,3)16(4)5)11-8-10-15-17(11)6/h8,10,12,14H,7,9H2,1-6H3. The molecular formula is C13H26N4. The Labute approximate surface area is 105 Å². The fraction of sp³-hybridized carbons (Fsp3) is 0.769. The molecule has 0 fully saturated rings. The van der Waals surface area contributed by atoms with Crippen LogP contribution in [-0.4, -0.2) is 40.9 Å². The van der Waals surface area contributed by atoms with Crippen molar-refractivity contribution in [1.29, 1.82) is 0 Å². The monoisotopic (exact) mass is 238 g/mol. The van der Waals surface area contributed by atoms with Gasteiger partial charge in [0.1, 0.15) is 0 Å². The molecule has 1 N–H and O–H groups in total. The van der Waals surface area contributed by atoms with Crippen molar-refractivity contribution < 1.29 is 0 Å². The number of rotatable bonds is 6. The summed E-state index contributed by atoms with van der Waals surface area (Å²) in [5.74, 6) is 0. The number of aromatic nitrogens is 2. The summed E-state index contributed by atoms with van der Waals surface area (Å²) in [6.07, 6.45) is 3.00. The summed E-state index contributed by atoms with van der Waals surface area (Å²) < 4.78 is 1.96. The zero-order chi connectivity index (χ0) is 13.1. The Morgan fingerprint density at radius 2 is 2.12 bits per heavy atom. The number of nitrogens with one attached hydrogen (secondary N) is 1. The van der Waals surface area contributed by atoms with Gasteiger partial charge in [0.15, 0.2) is 0 Å². The van der Waals surface area contributed by atoms with Crippen molar-refractivity contribution in [3.8, 4) is 0 Å². The lowest BCUT2D eigenvalue weighted by Crippen LogP contribution is -2.50. The molecule has 4 nitrogen and oxygen atoms in total. The second-order valence-corrected chi connectivity index (χ2v) is 5.31. The van der Waals surface area contributed by atoms with Crippen molar-refractivity contribution in [2.24, 2.45) is 7.05 Å². The maximum absolute atomic E-state index is 4.28. The molecule has 0 saturated heterocycles. The van der Waals surface area contributed by atoms with Crippen LogP contribution in [0.4, 0.5) is 0 Å². The minimum Gasteiger partial charge on any atom is -0.307 e. The molecule has 98 valence electrons. The summed E-state index contributed by atoms with van der Waals surface area (Å²) in [6, 6.07) is 2.38. The van der Waals surface area contributed by atoms with Gasteiger partial charge in [-0.05, 0) is 47.0 Å². The molecule has 1 aromatic rings. The van der Waals surface area contributed by atoms with Crippen molar-refractivity contribution in [3.63, 3.8) is 0 Å². The second-order valence-electron chi connectivity index (χ2n) is 5.31. The summed E-state index contributed by atoms with van der Waals surface area (Å²) in [5.41, 5.74) is 1.28. The first-order chi connectivity index (χ1) is 7.91. The largest absolute Gasteiger partial charge is 0.307 e. The van der Waals surface area contributed by atoms with Gasteiger partial charge in [-0.1, -0.05) is 6.92 Å². The molecule has 1 atom stereocenters. The maximum Gasteiger partial charge on any atom is 0.0673 e. The Balaban J connectivity index is 3.00. The van der Waals surface area contributed by atoms with E-state index in [0.29, 0.717) is 0 Å². The molecule has 0 bridgehead atoms. The normalized spacial score (nSPS) is 14.3. The van der Waals surface area contributed by atoms with Crippen LogP contribution in [0.5, 0.6) is 0 Å². The van der Waals surface area contributed by atoms with Crippen molar-refractivity contribution in [2.75, 3.05) is 20.6 Å². The van der Waals surface area contributed by atoms with Gasteiger partial charge in [0.25, 0.3) is 0 Å². The molecule has 4 heteroatoms. The molecule has 0 aliphatic heterocycles. The lowest BCUT2D eigenvalue weighted by molar-refractivity contribution is 0.133. The van der Waals surface area contributed by atoms with Crippen LogP contribution in [0, 0.1) is 0 Å². The van der Waals surface area contributed by atoms with Crippen LogP contribution < -0.4 is 5.32 Å². The third-order valence-electron chi connectivity index (χ3n) is 3.61. The van der Waals surface area contributed by atoms with E-state index in [1.165, 1.54) is 5.69 Å². The molecule has 0 radical (unpaired) electrons. The zero-order valence-corrected chi connectivity index (χ0v) is 12.0. The first kappa shape index (κ1) is 14.2. The molecule has 0 saturated carbocycles. The number of hydrogen-bond donors (Lipinski definition) is 1. The van der Waals surface area contributed by atoms with E-state index >= 15 is 0 Å². The van der Waals surface area contributed by atoms with E-state index in [1.807, 2.05) is 17.9 Å². The fourth-order valence-corrected chi connectivity index (χ4v) is 1.93. The molecule has 1 unspecified atom stereocenters. The average Bonchev–Trinajstić information content (AvgIpc) is 2.65. The van der Waals surface area contributed by atoms with Crippen LogP contribution in [0.25, 0.3) is 0 Å². The first-order valence-corrected chi connectivity index (χ1v) is 6.30. The van der Waals surface area contributed by atoms with Gasteiger partial charge in [0.2, 0.25) is 0 Å². The van der Waals surface area contributed by atoms with Gasteiger partial charge in [0, 0.05) is 18.8 Å². The van der Waals surface area contributed by atoms with Gasteiger partial charge in [-0.2, -0.15) is 5.10 Å². The topological polar surface area (TPSA) is 33.1 Å². The number of hydrogen-bond acceptors (Lipinski definition) is 3. The molecule has 0 aliphatic carbocycles. The molecule has 0 spiro atoms. The van der Waals surface area contributed by atoms with Crippen molar-refractivity contribution in [2.45, 2.75) is 38.8 Å². The van der Waals surface area contributed by atoms with Gasteiger partial charge in [-0.25, -0.2) is 0 Å². The molecular weight excluding hydrogens is 212 g/mol. The van der Waals surface area contributed by atoms with Crippen LogP contribution in [0.2, 0.25) is 0 Å². The Morgan fingerprint density at radius 1 is 1.47 bits per heavy atom. The number of likely N-dealkylation sites (N-methyl/N-ethyl adjacent to an activating group) is 1. The highest BCUT2D eigenvalue weighted by atomic mass is 15.3. The Bertz CT molecular complexity index is 341.